The summed E-state index contributed by atoms with van der Waals surface area (Å²) >= 11 is 0. The quantitative estimate of drug-likeness (QED) is 0.890. The molecule has 0 spiro atoms. The van der Waals surface area contributed by atoms with Gasteiger partial charge in [-0.25, -0.2) is 17.2 Å². The second kappa shape index (κ2) is 6.78. The smallest absolute Gasteiger partial charge is 0.188 e. The lowest BCUT2D eigenvalue weighted by Crippen LogP contribution is -2.43. The van der Waals surface area contributed by atoms with E-state index in [9.17, 15) is 17.2 Å². The SMILES string of the molecule is N#Cc1ccc(S(=O)(=O)C2(c3cc(F)ccc3F)CCC(N)CC2)cc1. The minimum absolute atomic E-state index is 0.0179. The molecule has 0 bridgehead atoms. The molecule has 0 saturated heterocycles. The van der Waals surface area contributed by atoms with Crippen LogP contribution in [0.25, 0.3) is 0 Å². The van der Waals surface area contributed by atoms with E-state index < -0.39 is 26.2 Å². The van der Waals surface area contributed by atoms with Crippen LogP contribution in [-0.4, -0.2) is 14.5 Å². The summed E-state index contributed by atoms with van der Waals surface area (Å²) in [5, 5.41) is 8.90. The summed E-state index contributed by atoms with van der Waals surface area (Å²) in [5.74, 6) is -1.44. The van der Waals surface area contributed by atoms with Gasteiger partial charge in [-0.1, -0.05) is 0 Å². The highest BCUT2D eigenvalue weighted by Crippen LogP contribution is 2.47. The van der Waals surface area contributed by atoms with Crippen LogP contribution >= 0.6 is 0 Å². The number of halogens is 2. The predicted octanol–water partition coefficient (Wildman–Crippen LogP) is 3.41. The number of benzene rings is 2. The molecular weight excluding hydrogens is 358 g/mol. The normalized spacial score (nSPS) is 23.4. The van der Waals surface area contributed by atoms with Crippen LogP contribution in [0.15, 0.2) is 47.4 Å². The Hall–Kier alpha value is -2.30. The van der Waals surface area contributed by atoms with Crippen LogP contribution in [0, 0.1) is 23.0 Å². The third kappa shape index (κ3) is 3.00. The van der Waals surface area contributed by atoms with Crippen LogP contribution in [-0.2, 0) is 14.6 Å². The Balaban J connectivity index is 2.20. The summed E-state index contributed by atoms with van der Waals surface area (Å²) in [4.78, 5) is -0.0179. The Bertz CT molecular complexity index is 958. The fraction of sp³-hybridized carbons (Fsp3) is 0.316. The van der Waals surface area contributed by atoms with Crippen molar-refractivity contribution in [3.05, 3.63) is 65.2 Å². The number of nitriles is 1. The number of hydrogen-bond donors (Lipinski definition) is 1. The fourth-order valence-electron chi connectivity index (χ4n) is 3.57. The molecule has 7 heteroatoms. The molecule has 0 aromatic heterocycles. The van der Waals surface area contributed by atoms with Crippen molar-refractivity contribution in [3.63, 3.8) is 0 Å². The molecule has 26 heavy (non-hydrogen) atoms. The van der Waals surface area contributed by atoms with Crippen LogP contribution in [0.1, 0.15) is 36.8 Å². The van der Waals surface area contributed by atoms with E-state index >= 15 is 0 Å². The van der Waals surface area contributed by atoms with Crippen molar-refractivity contribution in [2.24, 2.45) is 5.73 Å². The Labute approximate surface area is 151 Å². The van der Waals surface area contributed by atoms with Crippen molar-refractivity contribution in [1.82, 2.24) is 0 Å². The molecule has 136 valence electrons. The Morgan fingerprint density at radius 3 is 2.27 bits per heavy atom. The van der Waals surface area contributed by atoms with Gasteiger partial charge in [0.25, 0.3) is 0 Å². The summed E-state index contributed by atoms with van der Waals surface area (Å²) in [7, 11) is -4.04. The first kappa shape index (κ1) is 18.5. The van der Waals surface area contributed by atoms with E-state index in [1.165, 1.54) is 24.3 Å². The topological polar surface area (TPSA) is 84.0 Å². The average molecular weight is 376 g/mol. The number of nitrogens with two attached hydrogens (primary N) is 1. The molecule has 3 rings (SSSR count). The summed E-state index contributed by atoms with van der Waals surface area (Å²) in [6.07, 6.45) is 1.00. The monoisotopic (exact) mass is 376 g/mol. The van der Waals surface area contributed by atoms with E-state index in [0.717, 1.165) is 18.2 Å². The fourth-order valence-corrected chi connectivity index (χ4v) is 5.73. The highest BCUT2D eigenvalue weighted by atomic mass is 32.2. The summed E-state index contributed by atoms with van der Waals surface area (Å²) < 4.78 is 53.7. The first-order chi connectivity index (χ1) is 12.3. The van der Waals surface area contributed by atoms with Crippen molar-refractivity contribution in [3.8, 4) is 6.07 Å². The lowest BCUT2D eigenvalue weighted by molar-refractivity contribution is 0.337. The minimum atomic E-state index is -4.04. The molecule has 2 N–H and O–H groups in total. The first-order valence-electron chi connectivity index (χ1n) is 8.26. The molecule has 0 atom stereocenters. The Morgan fingerprint density at radius 2 is 1.69 bits per heavy atom. The average Bonchev–Trinajstić information content (AvgIpc) is 2.64. The van der Waals surface area contributed by atoms with Crippen LogP contribution in [0.3, 0.4) is 0 Å². The van der Waals surface area contributed by atoms with Crippen molar-refractivity contribution >= 4 is 9.84 Å². The molecule has 1 fully saturated rings. The highest BCUT2D eigenvalue weighted by Gasteiger charge is 2.49. The van der Waals surface area contributed by atoms with E-state index in [-0.39, 0.29) is 29.3 Å². The van der Waals surface area contributed by atoms with Crippen LogP contribution < -0.4 is 5.73 Å². The molecular formula is C19H18F2N2O2S. The van der Waals surface area contributed by atoms with Gasteiger partial charge in [0, 0.05) is 11.6 Å². The molecule has 4 nitrogen and oxygen atoms in total. The van der Waals surface area contributed by atoms with Crippen LogP contribution in [0.2, 0.25) is 0 Å². The minimum Gasteiger partial charge on any atom is -0.328 e. The van der Waals surface area contributed by atoms with Gasteiger partial charge in [0.05, 0.1) is 16.5 Å². The second-order valence-corrected chi connectivity index (χ2v) is 8.86. The highest BCUT2D eigenvalue weighted by molar-refractivity contribution is 7.92. The van der Waals surface area contributed by atoms with Gasteiger partial charge in [0.1, 0.15) is 16.4 Å². The zero-order valence-corrected chi connectivity index (χ0v) is 14.8. The van der Waals surface area contributed by atoms with Gasteiger partial charge in [-0.15, -0.1) is 0 Å². The molecule has 1 saturated carbocycles. The Kier molecular flexibility index (Phi) is 4.82. The molecule has 0 aliphatic heterocycles. The van der Waals surface area contributed by atoms with Gasteiger partial charge in [0.2, 0.25) is 0 Å². The van der Waals surface area contributed by atoms with Crippen LogP contribution in [0.4, 0.5) is 8.78 Å². The predicted molar refractivity (Wildman–Crippen MR) is 92.8 cm³/mol. The molecule has 2 aromatic carbocycles. The number of nitrogens with zero attached hydrogens (tertiary/aromatic N) is 1. The molecule has 0 heterocycles. The third-order valence-corrected chi connectivity index (χ3v) is 7.62. The first-order valence-corrected chi connectivity index (χ1v) is 9.74. The molecule has 0 unspecified atom stereocenters. The van der Waals surface area contributed by atoms with Crippen molar-refractivity contribution in [2.45, 2.75) is 41.4 Å². The van der Waals surface area contributed by atoms with E-state index in [2.05, 4.69) is 0 Å². The van der Waals surface area contributed by atoms with Gasteiger partial charge in [-0.2, -0.15) is 5.26 Å². The maximum absolute atomic E-state index is 14.6. The molecule has 1 aliphatic rings. The summed E-state index contributed by atoms with van der Waals surface area (Å²) in [6.45, 7) is 0. The molecule has 0 amide bonds. The van der Waals surface area contributed by atoms with Gasteiger partial charge >= 0.3 is 0 Å². The maximum atomic E-state index is 14.6. The molecule has 2 aromatic rings. The van der Waals surface area contributed by atoms with Gasteiger partial charge in [-0.05, 0) is 68.1 Å². The van der Waals surface area contributed by atoms with Gasteiger partial charge < -0.3 is 5.73 Å². The summed E-state index contributed by atoms with van der Waals surface area (Å²) in [6, 6.07) is 10.1. The number of sulfone groups is 1. The van der Waals surface area contributed by atoms with E-state index in [1.54, 1.807) is 0 Å². The van der Waals surface area contributed by atoms with Crippen molar-refractivity contribution in [2.75, 3.05) is 0 Å². The standard InChI is InChI=1S/C19H18F2N2O2S/c20-14-3-6-18(21)17(11-14)19(9-7-15(23)8-10-19)26(24,25)16-4-1-13(12-22)2-5-16/h1-6,11,15H,7-10,23H2. The molecule has 0 radical (unpaired) electrons. The van der Waals surface area contributed by atoms with Gasteiger partial charge in [-0.3, -0.25) is 0 Å². The van der Waals surface area contributed by atoms with E-state index in [4.69, 9.17) is 11.0 Å². The largest absolute Gasteiger partial charge is 0.328 e. The number of rotatable bonds is 3. The zero-order valence-electron chi connectivity index (χ0n) is 14.0. The Morgan fingerprint density at radius 1 is 1.08 bits per heavy atom. The lowest BCUT2D eigenvalue weighted by Gasteiger charge is -2.39. The second-order valence-electron chi connectivity index (χ2n) is 6.60. The maximum Gasteiger partial charge on any atom is 0.188 e. The van der Waals surface area contributed by atoms with Crippen LogP contribution in [0.5, 0.6) is 0 Å². The van der Waals surface area contributed by atoms with Crippen molar-refractivity contribution < 1.29 is 17.2 Å². The third-order valence-electron chi connectivity index (χ3n) is 5.07. The lowest BCUT2D eigenvalue weighted by atomic mass is 9.81. The number of hydrogen-bond acceptors (Lipinski definition) is 4. The molecule has 1 aliphatic carbocycles. The van der Waals surface area contributed by atoms with Crippen molar-refractivity contribution in [1.29, 1.82) is 5.26 Å². The van der Waals surface area contributed by atoms with Gasteiger partial charge in [0.15, 0.2) is 9.84 Å². The van der Waals surface area contributed by atoms with E-state index in [0.29, 0.717) is 18.4 Å². The summed E-state index contributed by atoms with van der Waals surface area (Å²) in [5.41, 5.74) is 6.08. The van der Waals surface area contributed by atoms with E-state index in [1.807, 2.05) is 6.07 Å². The zero-order chi connectivity index (χ0) is 18.9.